The van der Waals surface area contributed by atoms with Gasteiger partial charge in [0.2, 0.25) is 0 Å². The highest BCUT2D eigenvalue weighted by molar-refractivity contribution is 4.91. The van der Waals surface area contributed by atoms with E-state index in [1.165, 1.54) is 6.42 Å². The van der Waals surface area contributed by atoms with Crippen LogP contribution in [0.15, 0.2) is 0 Å². The molecule has 90 valence electrons. The summed E-state index contributed by atoms with van der Waals surface area (Å²) in [4.78, 5) is 2.43. The van der Waals surface area contributed by atoms with E-state index in [4.69, 9.17) is 0 Å². The Morgan fingerprint density at radius 2 is 2.13 bits per heavy atom. The molecule has 0 saturated carbocycles. The van der Waals surface area contributed by atoms with Crippen LogP contribution in [0.5, 0.6) is 0 Å². The summed E-state index contributed by atoms with van der Waals surface area (Å²) in [6, 6.07) is 0.303. The minimum absolute atomic E-state index is 0.183. The second-order valence-corrected chi connectivity index (χ2v) is 5.75. The Hall–Kier alpha value is -0.120. The average Bonchev–Trinajstić information content (AvgIpc) is 2.13. The highest BCUT2D eigenvalue weighted by Crippen LogP contribution is 2.16. The maximum Gasteiger partial charge on any atom is 0.0599 e. The van der Waals surface area contributed by atoms with Crippen LogP contribution < -0.4 is 5.32 Å². The molecule has 0 aromatic heterocycles. The summed E-state index contributed by atoms with van der Waals surface area (Å²) in [5, 5.41) is 12.8. The lowest BCUT2D eigenvalue weighted by atomic mass is 9.98. The number of aliphatic hydroxyl groups excluding tert-OH is 1. The topological polar surface area (TPSA) is 35.5 Å². The molecule has 0 radical (unpaired) electrons. The van der Waals surface area contributed by atoms with Gasteiger partial charge in [-0.25, -0.2) is 0 Å². The molecule has 1 aliphatic rings. The first kappa shape index (κ1) is 12.9. The van der Waals surface area contributed by atoms with Crippen molar-refractivity contribution in [3.05, 3.63) is 0 Å². The van der Waals surface area contributed by atoms with E-state index in [9.17, 15) is 5.11 Å². The number of piperazine rings is 1. The fourth-order valence-electron chi connectivity index (χ4n) is 2.08. The minimum Gasteiger partial charge on any atom is -0.395 e. The van der Waals surface area contributed by atoms with E-state index in [1.807, 2.05) is 0 Å². The van der Waals surface area contributed by atoms with E-state index in [-0.39, 0.29) is 12.1 Å². The molecule has 0 bridgehead atoms. The lowest BCUT2D eigenvalue weighted by Crippen LogP contribution is -2.62. The van der Waals surface area contributed by atoms with E-state index in [2.05, 4.69) is 37.9 Å². The third-order valence-corrected chi connectivity index (χ3v) is 3.14. The van der Waals surface area contributed by atoms with E-state index in [0.29, 0.717) is 6.04 Å². The maximum absolute atomic E-state index is 9.32. The van der Waals surface area contributed by atoms with Gasteiger partial charge in [-0.1, -0.05) is 13.8 Å². The minimum atomic E-state index is 0.183. The van der Waals surface area contributed by atoms with Crippen LogP contribution in [0.4, 0.5) is 0 Å². The fraction of sp³-hybridized carbons (Fsp3) is 1.00. The fourth-order valence-corrected chi connectivity index (χ4v) is 2.08. The normalized spacial score (nSPS) is 27.2. The Kier molecular flexibility index (Phi) is 4.56. The molecule has 1 aliphatic heterocycles. The number of nitrogens with one attached hydrogen (secondary N) is 1. The number of nitrogens with zero attached hydrogens (tertiary/aromatic N) is 1. The molecule has 1 saturated heterocycles. The van der Waals surface area contributed by atoms with Crippen molar-refractivity contribution < 1.29 is 5.11 Å². The van der Waals surface area contributed by atoms with Crippen molar-refractivity contribution in [2.24, 2.45) is 5.92 Å². The largest absolute Gasteiger partial charge is 0.395 e. The third kappa shape index (κ3) is 4.09. The Morgan fingerprint density at radius 3 is 2.67 bits per heavy atom. The van der Waals surface area contributed by atoms with E-state index in [1.54, 1.807) is 0 Å². The van der Waals surface area contributed by atoms with Gasteiger partial charge >= 0.3 is 0 Å². The SMILES string of the molecule is CC(C)CCN1CC(C)(C)NCC1CO. The summed E-state index contributed by atoms with van der Waals surface area (Å²) in [7, 11) is 0. The smallest absolute Gasteiger partial charge is 0.0599 e. The van der Waals surface area contributed by atoms with Gasteiger partial charge in [0, 0.05) is 24.7 Å². The van der Waals surface area contributed by atoms with Crippen LogP contribution in [0.3, 0.4) is 0 Å². The first-order chi connectivity index (χ1) is 6.94. The van der Waals surface area contributed by atoms with Crippen molar-refractivity contribution in [1.29, 1.82) is 0 Å². The molecule has 2 N–H and O–H groups in total. The summed E-state index contributed by atoms with van der Waals surface area (Å²) in [5.74, 6) is 0.738. The van der Waals surface area contributed by atoms with Gasteiger partial charge in [0.05, 0.1) is 6.61 Å². The highest BCUT2D eigenvalue weighted by Gasteiger charge is 2.31. The zero-order valence-electron chi connectivity index (χ0n) is 10.6. The van der Waals surface area contributed by atoms with Crippen LogP contribution in [0, 0.1) is 5.92 Å². The summed E-state index contributed by atoms with van der Waals surface area (Å²) >= 11 is 0. The molecule has 0 aromatic carbocycles. The Bertz CT molecular complexity index is 192. The molecular formula is C12H26N2O. The van der Waals surface area contributed by atoms with Gasteiger partial charge in [-0.05, 0) is 32.7 Å². The van der Waals surface area contributed by atoms with Crippen LogP contribution in [0.1, 0.15) is 34.1 Å². The molecule has 3 nitrogen and oxygen atoms in total. The quantitative estimate of drug-likeness (QED) is 0.735. The van der Waals surface area contributed by atoms with Gasteiger partial charge < -0.3 is 10.4 Å². The third-order valence-electron chi connectivity index (χ3n) is 3.14. The van der Waals surface area contributed by atoms with Gasteiger partial charge in [-0.2, -0.15) is 0 Å². The molecule has 1 unspecified atom stereocenters. The van der Waals surface area contributed by atoms with Crippen LogP contribution in [-0.4, -0.2) is 47.8 Å². The number of hydrogen-bond donors (Lipinski definition) is 2. The molecule has 0 aromatic rings. The monoisotopic (exact) mass is 214 g/mol. The van der Waals surface area contributed by atoms with Crippen LogP contribution >= 0.6 is 0 Å². The van der Waals surface area contributed by atoms with Gasteiger partial charge in [-0.3, -0.25) is 4.90 Å². The van der Waals surface area contributed by atoms with E-state index in [0.717, 1.165) is 25.6 Å². The van der Waals surface area contributed by atoms with Crippen molar-refractivity contribution in [3.8, 4) is 0 Å². The van der Waals surface area contributed by atoms with Crippen molar-refractivity contribution in [1.82, 2.24) is 10.2 Å². The highest BCUT2D eigenvalue weighted by atomic mass is 16.3. The predicted octanol–water partition coefficient (Wildman–Crippen LogP) is 1.08. The lowest BCUT2D eigenvalue weighted by Gasteiger charge is -2.44. The molecule has 0 amide bonds. The molecule has 1 rings (SSSR count). The van der Waals surface area contributed by atoms with Gasteiger partial charge in [0.1, 0.15) is 0 Å². The standard InChI is InChI=1S/C12H26N2O/c1-10(2)5-6-14-9-12(3,4)13-7-11(14)8-15/h10-11,13,15H,5-9H2,1-4H3. The second-order valence-electron chi connectivity index (χ2n) is 5.75. The summed E-state index contributed by atoms with van der Waals surface area (Å²) in [6.07, 6.45) is 1.21. The number of rotatable bonds is 4. The zero-order valence-corrected chi connectivity index (χ0v) is 10.6. The molecule has 0 spiro atoms. The van der Waals surface area contributed by atoms with Gasteiger partial charge in [-0.15, -0.1) is 0 Å². The van der Waals surface area contributed by atoms with Crippen molar-refractivity contribution in [2.75, 3.05) is 26.2 Å². The summed E-state index contributed by atoms with van der Waals surface area (Å²) in [6.45, 7) is 12.3. The van der Waals surface area contributed by atoms with Crippen molar-refractivity contribution in [2.45, 2.75) is 45.7 Å². The average molecular weight is 214 g/mol. The van der Waals surface area contributed by atoms with Crippen LogP contribution in [0.2, 0.25) is 0 Å². The van der Waals surface area contributed by atoms with Crippen LogP contribution in [-0.2, 0) is 0 Å². The molecule has 1 atom stereocenters. The first-order valence-corrected chi connectivity index (χ1v) is 6.04. The second kappa shape index (κ2) is 5.28. The van der Waals surface area contributed by atoms with Crippen molar-refractivity contribution >= 4 is 0 Å². The number of aliphatic hydroxyl groups is 1. The van der Waals surface area contributed by atoms with Gasteiger partial charge in [0.15, 0.2) is 0 Å². The first-order valence-electron chi connectivity index (χ1n) is 6.04. The van der Waals surface area contributed by atoms with Crippen molar-refractivity contribution in [3.63, 3.8) is 0 Å². The van der Waals surface area contributed by atoms with E-state index >= 15 is 0 Å². The summed E-state index contributed by atoms with van der Waals surface area (Å²) in [5.41, 5.74) is 0.183. The maximum atomic E-state index is 9.32. The zero-order chi connectivity index (χ0) is 11.5. The Labute approximate surface area is 93.9 Å². The Morgan fingerprint density at radius 1 is 1.47 bits per heavy atom. The Balaban J connectivity index is 2.48. The predicted molar refractivity (Wildman–Crippen MR) is 64.0 cm³/mol. The van der Waals surface area contributed by atoms with Gasteiger partial charge in [0.25, 0.3) is 0 Å². The number of hydrogen-bond acceptors (Lipinski definition) is 3. The molecule has 1 heterocycles. The molecule has 3 heteroatoms. The molecule has 1 fully saturated rings. The van der Waals surface area contributed by atoms with E-state index < -0.39 is 0 Å². The lowest BCUT2D eigenvalue weighted by molar-refractivity contribution is 0.0538. The van der Waals surface area contributed by atoms with Crippen LogP contribution in [0.25, 0.3) is 0 Å². The molecule has 15 heavy (non-hydrogen) atoms. The molecule has 0 aliphatic carbocycles. The molecular weight excluding hydrogens is 188 g/mol. The summed E-state index contributed by atoms with van der Waals surface area (Å²) < 4.78 is 0.